The minimum absolute atomic E-state index is 0.112. The highest BCUT2D eigenvalue weighted by Crippen LogP contribution is 2.38. The predicted molar refractivity (Wildman–Crippen MR) is 84.6 cm³/mol. The smallest absolute Gasteiger partial charge is 0.268 e. The quantitative estimate of drug-likeness (QED) is 0.794. The van der Waals surface area contributed by atoms with Crippen LogP contribution in [0.5, 0.6) is 0 Å². The highest BCUT2D eigenvalue weighted by molar-refractivity contribution is 7.90. The molecule has 3 amide bonds. The standard InChI is InChI=1S/C16H12N2O4S/c1-2-15(19)18-16(20)17(12-8-4-3-5-9-12)13-10-6-7-11-14(13)23(18,21)22/h2-11H,1H2. The summed E-state index contributed by atoms with van der Waals surface area (Å²) in [7, 11) is -4.26. The van der Waals surface area contributed by atoms with E-state index in [4.69, 9.17) is 0 Å². The fourth-order valence-corrected chi connectivity index (χ4v) is 3.85. The number of fused-ring (bicyclic) bond motifs is 1. The van der Waals surface area contributed by atoms with Crippen molar-refractivity contribution < 1.29 is 18.0 Å². The third-order valence-corrected chi connectivity index (χ3v) is 5.10. The second-order valence-electron chi connectivity index (χ2n) is 4.73. The molecule has 3 rings (SSSR count). The molecule has 7 heteroatoms. The monoisotopic (exact) mass is 328 g/mol. The number of rotatable bonds is 2. The van der Waals surface area contributed by atoms with Crippen molar-refractivity contribution in [2.75, 3.05) is 4.90 Å². The van der Waals surface area contributed by atoms with Crippen molar-refractivity contribution in [1.82, 2.24) is 4.31 Å². The summed E-state index contributed by atoms with van der Waals surface area (Å²) in [5, 5.41) is 0. The van der Waals surface area contributed by atoms with Crippen LogP contribution in [0.25, 0.3) is 0 Å². The van der Waals surface area contributed by atoms with Crippen molar-refractivity contribution >= 4 is 33.3 Å². The summed E-state index contributed by atoms with van der Waals surface area (Å²) >= 11 is 0. The molecule has 0 aliphatic carbocycles. The molecule has 0 aromatic heterocycles. The molecule has 0 radical (unpaired) electrons. The van der Waals surface area contributed by atoms with Crippen molar-refractivity contribution in [3.8, 4) is 0 Å². The molecule has 0 saturated carbocycles. The summed E-state index contributed by atoms with van der Waals surface area (Å²) in [6.45, 7) is 3.26. The van der Waals surface area contributed by atoms with E-state index in [9.17, 15) is 18.0 Å². The van der Waals surface area contributed by atoms with E-state index in [-0.39, 0.29) is 14.9 Å². The number of hydrogen-bond donors (Lipinski definition) is 0. The van der Waals surface area contributed by atoms with Gasteiger partial charge in [0, 0.05) is 0 Å². The molecule has 116 valence electrons. The number of benzene rings is 2. The number of carbonyl (C=O) groups excluding carboxylic acids is 2. The Morgan fingerprint density at radius 3 is 2.26 bits per heavy atom. The number of carbonyl (C=O) groups is 2. The zero-order valence-electron chi connectivity index (χ0n) is 11.9. The first-order valence-electron chi connectivity index (χ1n) is 6.68. The van der Waals surface area contributed by atoms with Gasteiger partial charge >= 0.3 is 6.03 Å². The molecule has 0 atom stereocenters. The summed E-state index contributed by atoms with van der Waals surface area (Å²) in [6.07, 6.45) is 0.798. The molecular weight excluding hydrogens is 316 g/mol. The van der Waals surface area contributed by atoms with Crippen LogP contribution in [0.15, 0.2) is 72.1 Å². The fourth-order valence-electron chi connectivity index (χ4n) is 2.38. The van der Waals surface area contributed by atoms with Crippen LogP contribution < -0.4 is 4.90 Å². The van der Waals surface area contributed by atoms with E-state index in [0.717, 1.165) is 6.08 Å². The van der Waals surface area contributed by atoms with Gasteiger partial charge in [0.2, 0.25) is 0 Å². The lowest BCUT2D eigenvalue weighted by atomic mass is 10.2. The first-order valence-corrected chi connectivity index (χ1v) is 8.12. The van der Waals surface area contributed by atoms with Crippen LogP contribution in [0.3, 0.4) is 0 Å². The normalized spacial score (nSPS) is 15.9. The Balaban J connectivity index is 2.31. The third-order valence-electron chi connectivity index (χ3n) is 3.38. The predicted octanol–water partition coefficient (Wildman–Crippen LogP) is 2.66. The van der Waals surface area contributed by atoms with E-state index >= 15 is 0 Å². The number of sulfonamides is 1. The number of anilines is 2. The van der Waals surface area contributed by atoms with E-state index in [0.29, 0.717) is 5.69 Å². The second-order valence-corrected chi connectivity index (χ2v) is 6.49. The Hall–Kier alpha value is -2.93. The zero-order chi connectivity index (χ0) is 16.6. The Kier molecular flexibility index (Phi) is 3.49. The van der Waals surface area contributed by atoms with Crippen molar-refractivity contribution in [2.45, 2.75) is 4.90 Å². The van der Waals surface area contributed by atoms with E-state index in [1.54, 1.807) is 36.4 Å². The maximum Gasteiger partial charge on any atom is 0.350 e. The number of para-hydroxylation sites is 2. The molecule has 0 unspecified atom stereocenters. The molecule has 0 spiro atoms. The van der Waals surface area contributed by atoms with E-state index in [2.05, 4.69) is 6.58 Å². The molecule has 1 aliphatic heterocycles. The summed E-state index contributed by atoms with van der Waals surface area (Å²) in [6, 6.07) is 13.6. The summed E-state index contributed by atoms with van der Waals surface area (Å²) in [4.78, 5) is 25.7. The van der Waals surface area contributed by atoms with E-state index in [1.807, 2.05) is 0 Å². The average molecular weight is 328 g/mol. The number of imide groups is 1. The largest absolute Gasteiger partial charge is 0.350 e. The van der Waals surface area contributed by atoms with Crippen molar-refractivity contribution in [3.05, 3.63) is 67.3 Å². The highest BCUT2D eigenvalue weighted by Gasteiger charge is 2.44. The van der Waals surface area contributed by atoms with Gasteiger partial charge in [0.25, 0.3) is 15.9 Å². The highest BCUT2D eigenvalue weighted by atomic mass is 32.2. The lowest BCUT2D eigenvalue weighted by molar-refractivity contribution is -0.119. The van der Waals surface area contributed by atoms with Gasteiger partial charge < -0.3 is 0 Å². The van der Waals surface area contributed by atoms with Gasteiger partial charge in [0.15, 0.2) is 0 Å². The Morgan fingerprint density at radius 2 is 1.61 bits per heavy atom. The van der Waals surface area contributed by atoms with Gasteiger partial charge in [0.05, 0.1) is 11.4 Å². The average Bonchev–Trinajstić information content (AvgIpc) is 2.55. The van der Waals surface area contributed by atoms with Gasteiger partial charge in [-0.05, 0) is 30.3 Å². The molecule has 0 saturated heterocycles. The van der Waals surface area contributed by atoms with Crippen molar-refractivity contribution in [1.29, 1.82) is 0 Å². The molecule has 6 nitrogen and oxygen atoms in total. The van der Waals surface area contributed by atoms with Crippen LogP contribution in [-0.4, -0.2) is 24.7 Å². The minimum Gasteiger partial charge on any atom is -0.268 e. The Bertz CT molecular complexity index is 907. The van der Waals surface area contributed by atoms with Crippen LogP contribution in [0.1, 0.15) is 0 Å². The molecule has 1 aliphatic rings. The second kappa shape index (κ2) is 5.36. The minimum atomic E-state index is -4.26. The Morgan fingerprint density at radius 1 is 1.00 bits per heavy atom. The lowest BCUT2D eigenvalue weighted by Crippen LogP contribution is -2.51. The van der Waals surface area contributed by atoms with Gasteiger partial charge in [-0.3, -0.25) is 9.69 Å². The molecule has 0 N–H and O–H groups in total. The molecule has 0 bridgehead atoms. The molecule has 2 aromatic carbocycles. The summed E-state index contributed by atoms with van der Waals surface area (Å²) < 4.78 is 25.4. The lowest BCUT2D eigenvalue weighted by Gasteiger charge is -2.34. The maximum absolute atomic E-state index is 12.7. The Labute approximate surface area is 133 Å². The van der Waals surface area contributed by atoms with E-state index < -0.39 is 22.0 Å². The van der Waals surface area contributed by atoms with Crippen LogP contribution in [0, 0.1) is 0 Å². The third kappa shape index (κ3) is 2.22. The molecular formula is C16H12N2O4S. The topological polar surface area (TPSA) is 74.8 Å². The molecule has 1 heterocycles. The van der Waals surface area contributed by atoms with E-state index in [1.165, 1.54) is 23.1 Å². The summed E-state index contributed by atoms with van der Waals surface area (Å²) in [5.41, 5.74) is 0.665. The van der Waals surface area contributed by atoms with Gasteiger partial charge in [-0.2, -0.15) is 0 Å². The molecule has 0 fully saturated rings. The van der Waals surface area contributed by atoms with Crippen LogP contribution >= 0.6 is 0 Å². The zero-order valence-corrected chi connectivity index (χ0v) is 12.7. The first-order chi connectivity index (χ1) is 11.0. The van der Waals surface area contributed by atoms with Crippen molar-refractivity contribution in [2.24, 2.45) is 0 Å². The molecule has 23 heavy (non-hydrogen) atoms. The van der Waals surface area contributed by atoms with Crippen LogP contribution in [0.4, 0.5) is 16.2 Å². The van der Waals surface area contributed by atoms with Gasteiger partial charge in [0.1, 0.15) is 4.90 Å². The van der Waals surface area contributed by atoms with Gasteiger partial charge in [-0.25, -0.2) is 13.2 Å². The van der Waals surface area contributed by atoms with Gasteiger partial charge in [-0.15, -0.1) is 4.31 Å². The van der Waals surface area contributed by atoms with Crippen LogP contribution in [0.2, 0.25) is 0 Å². The maximum atomic E-state index is 12.7. The number of hydrogen-bond acceptors (Lipinski definition) is 4. The van der Waals surface area contributed by atoms with Crippen LogP contribution in [-0.2, 0) is 14.8 Å². The number of nitrogens with zero attached hydrogens (tertiary/aromatic N) is 2. The number of urea groups is 1. The first kappa shape index (κ1) is 15.0. The summed E-state index contributed by atoms with van der Waals surface area (Å²) in [5.74, 6) is -0.995. The van der Waals surface area contributed by atoms with Gasteiger partial charge in [-0.1, -0.05) is 36.9 Å². The SMILES string of the molecule is C=CC(=O)N1C(=O)N(c2ccccc2)c2ccccc2S1(=O)=O. The fraction of sp³-hybridized carbons (Fsp3) is 0. The number of amides is 3. The molecule has 2 aromatic rings. The van der Waals surface area contributed by atoms with Crippen molar-refractivity contribution in [3.63, 3.8) is 0 Å².